The second kappa shape index (κ2) is 15.6. The lowest BCUT2D eigenvalue weighted by atomic mass is 9.96. The smallest absolute Gasteiger partial charge is 0.312 e. The van der Waals surface area contributed by atoms with Crippen LogP contribution in [0, 0.1) is 5.92 Å². The van der Waals surface area contributed by atoms with Crippen molar-refractivity contribution in [1.82, 2.24) is 24.9 Å². The van der Waals surface area contributed by atoms with Crippen molar-refractivity contribution in [3.63, 3.8) is 0 Å². The third-order valence-corrected chi connectivity index (χ3v) is 11.1. The molecule has 4 amide bonds. The molecule has 49 heavy (non-hydrogen) atoms. The van der Waals surface area contributed by atoms with Crippen LogP contribution in [0.3, 0.4) is 0 Å². The van der Waals surface area contributed by atoms with Gasteiger partial charge in [-0.05, 0) is 92.8 Å². The molecule has 0 spiro atoms. The van der Waals surface area contributed by atoms with E-state index in [4.69, 9.17) is 0 Å². The van der Waals surface area contributed by atoms with Gasteiger partial charge in [-0.15, -0.1) is 0 Å². The number of likely N-dealkylation sites (tertiary alicyclic amines) is 1. The molecule has 2 aromatic carbocycles. The summed E-state index contributed by atoms with van der Waals surface area (Å²) in [6, 6.07) is 13.5. The van der Waals surface area contributed by atoms with Gasteiger partial charge in [0.15, 0.2) is 0 Å². The van der Waals surface area contributed by atoms with E-state index in [1.165, 1.54) is 0 Å². The van der Waals surface area contributed by atoms with Crippen molar-refractivity contribution >= 4 is 23.6 Å². The molecule has 264 valence electrons. The molecule has 1 aliphatic carbocycles. The van der Waals surface area contributed by atoms with E-state index < -0.39 is 23.6 Å². The number of phenolic OH excluding ortho intramolecular Hbond substituents is 2. The van der Waals surface area contributed by atoms with Crippen LogP contribution < -0.4 is 5.32 Å². The topological polar surface area (TPSA) is 134 Å². The summed E-state index contributed by atoms with van der Waals surface area (Å²) in [5.41, 5.74) is 1.95. The van der Waals surface area contributed by atoms with Crippen LogP contribution in [-0.4, -0.2) is 117 Å². The van der Waals surface area contributed by atoms with E-state index in [9.17, 15) is 29.4 Å². The molecule has 11 nitrogen and oxygen atoms in total. The van der Waals surface area contributed by atoms with Gasteiger partial charge in [-0.1, -0.05) is 50.5 Å². The van der Waals surface area contributed by atoms with Gasteiger partial charge < -0.3 is 30.2 Å². The molecule has 4 aliphatic rings. The van der Waals surface area contributed by atoms with Crippen molar-refractivity contribution in [1.29, 1.82) is 0 Å². The molecule has 1 saturated carbocycles. The second-order valence-electron chi connectivity index (χ2n) is 14.5. The highest BCUT2D eigenvalue weighted by molar-refractivity contribution is 6.36. The first-order chi connectivity index (χ1) is 23.7. The lowest BCUT2D eigenvalue weighted by Gasteiger charge is -2.46. The molecule has 11 heteroatoms. The number of aromatic hydroxyl groups is 2. The number of carbonyl (C=O) groups is 4. The Hall–Kier alpha value is -4.12. The Morgan fingerprint density at radius 1 is 0.755 bits per heavy atom. The van der Waals surface area contributed by atoms with Crippen molar-refractivity contribution in [2.24, 2.45) is 5.92 Å². The Labute approximate surface area is 289 Å². The van der Waals surface area contributed by atoms with Crippen LogP contribution in [0.1, 0.15) is 69.4 Å². The fraction of sp³-hybridized carbons (Fsp3) is 0.579. The summed E-state index contributed by atoms with van der Waals surface area (Å²) >= 11 is 0. The van der Waals surface area contributed by atoms with Crippen molar-refractivity contribution in [3.8, 4) is 11.5 Å². The van der Waals surface area contributed by atoms with Gasteiger partial charge in [-0.25, -0.2) is 0 Å². The average Bonchev–Trinajstić information content (AvgIpc) is 3.78. The van der Waals surface area contributed by atoms with Gasteiger partial charge in [0.05, 0.1) is 6.04 Å². The van der Waals surface area contributed by atoms with Gasteiger partial charge in [-0.3, -0.25) is 24.1 Å². The maximum absolute atomic E-state index is 14.1. The Kier molecular flexibility index (Phi) is 11.1. The van der Waals surface area contributed by atoms with E-state index in [2.05, 4.69) is 17.1 Å². The summed E-state index contributed by atoms with van der Waals surface area (Å²) in [5, 5.41) is 22.6. The van der Waals surface area contributed by atoms with E-state index in [0.717, 1.165) is 69.0 Å². The lowest BCUT2D eigenvalue weighted by Crippen LogP contribution is -2.65. The molecular weight excluding hydrogens is 622 g/mol. The molecule has 3 heterocycles. The minimum absolute atomic E-state index is 0.0266. The first kappa shape index (κ1) is 34.7. The Morgan fingerprint density at radius 2 is 1.41 bits per heavy atom. The summed E-state index contributed by atoms with van der Waals surface area (Å²) < 4.78 is 0. The molecule has 4 atom stereocenters. The zero-order valence-electron chi connectivity index (χ0n) is 28.6. The lowest BCUT2D eigenvalue weighted by molar-refractivity contribution is -0.162. The highest BCUT2D eigenvalue weighted by atomic mass is 16.3. The Bertz CT molecular complexity index is 1480. The van der Waals surface area contributed by atoms with Crippen LogP contribution in [-0.2, 0) is 32.0 Å². The fourth-order valence-electron chi connectivity index (χ4n) is 8.45. The van der Waals surface area contributed by atoms with E-state index in [1.54, 1.807) is 34.1 Å². The van der Waals surface area contributed by atoms with Crippen molar-refractivity contribution in [2.75, 3.05) is 39.3 Å². The van der Waals surface area contributed by atoms with Crippen LogP contribution in [0.2, 0.25) is 0 Å². The Morgan fingerprint density at radius 3 is 2.08 bits per heavy atom. The third kappa shape index (κ3) is 8.20. The fourth-order valence-corrected chi connectivity index (χ4v) is 8.45. The summed E-state index contributed by atoms with van der Waals surface area (Å²) in [6.07, 6.45) is 9.02. The number of hydrogen-bond acceptors (Lipinski definition) is 7. The largest absolute Gasteiger partial charge is 0.508 e. The number of amides is 4. The zero-order valence-corrected chi connectivity index (χ0v) is 28.6. The van der Waals surface area contributed by atoms with Gasteiger partial charge in [-0.2, -0.15) is 0 Å². The van der Waals surface area contributed by atoms with Crippen LogP contribution in [0.25, 0.3) is 0 Å². The molecule has 0 unspecified atom stereocenters. The van der Waals surface area contributed by atoms with Crippen molar-refractivity contribution in [3.05, 3.63) is 59.7 Å². The predicted octanol–water partition coefficient (Wildman–Crippen LogP) is 3.07. The second-order valence-corrected chi connectivity index (χ2v) is 14.5. The molecular formula is C38H51N5O6. The molecule has 3 aliphatic heterocycles. The van der Waals surface area contributed by atoms with E-state index >= 15 is 0 Å². The predicted molar refractivity (Wildman–Crippen MR) is 185 cm³/mol. The number of carbonyl (C=O) groups excluding carboxylic acids is 4. The molecule has 6 rings (SSSR count). The van der Waals surface area contributed by atoms with Crippen molar-refractivity contribution in [2.45, 2.75) is 95.3 Å². The number of nitrogens with one attached hydrogen (secondary N) is 1. The minimum atomic E-state index is -0.554. The maximum atomic E-state index is 14.1. The number of phenols is 2. The van der Waals surface area contributed by atoms with E-state index in [-0.39, 0.29) is 35.7 Å². The van der Waals surface area contributed by atoms with E-state index in [1.807, 2.05) is 29.2 Å². The first-order valence-electron chi connectivity index (χ1n) is 18.2. The SMILES string of the molecule is CCC[C@@H]1CNC(=O)C(=O)N1C[C@@H]1CCCN1C[C@@H](Cc1ccc(O)cc1)N1C[C@@H](Cc2ccc(O)cc2)N(CC2CCCC2)C(=O)C1=O. The molecule has 0 aromatic heterocycles. The molecule has 3 N–H and O–H groups in total. The number of nitrogens with zero attached hydrogens (tertiary/aromatic N) is 4. The Balaban J connectivity index is 1.26. The quantitative estimate of drug-likeness (QED) is 0.279. The van der Waals surface area contributed by atoms with Crippen LogP contribution in [0.15, 0.2) is 48.5 Å². The molecule has 4 fully saturated rings. The highest BCUT2D eigenvalue weighted by Gasteiger charge is 2.44. The number of benzene rings is 2. The average molecular weight is 674 g/mol. The van der Waals surface area contributed by atoms with E-state index in [0.29, 0.717) is 51.5 Å². The minimum Gasteiger partial charge on any atom is -0.508 e. The maximum Gasteiger partial charge on any atom is 0.312 e. The summed E-state index contributed by atoms with van der Waals surface area (Å²) in [5.74, 6) is -1.23. The van der Waals surface area contributed by atoms with Gasteiger partial charge in [0.25, 0.3) is 0 Å². The van der Waals surface area contributed by atoms with Crippen LogP contribution >= 0.6 is 0 Å². The first-order valence-corrected chi connectivity index (χ1v) is 18.2. The summed E-state index contributed by atoms with van der Waals surface area (Å²) in [7, 11) is 0. The molecule has 0 bridgehead atoms. The van der Waals surface area contributed by atoms with Crippen molar-refractivity contribution < 1.29 is 29.4 Å². The van der Waals surface area contributed by atoms with Gasteiger partial charge in [0.2, 0.25) is 0 Å². The van der Waals surface area contributed by atoms with Gasteiger partial charge >= 0.3 is 23.6 Å². The molecule has 2 aromatic rings. The molecule has 3 saturated heterocycles. The number of piperazine rings is 2. The van der Waals surface area contributed by atoms with Gasteiger partial charge in [0, 0.05) is 50.8 Å². The van der Waals surface area contributed by atoms with Crippen LogP contribution in [0.4, 0.5) is 0 Å². The molecule has 0 radical (unpaired) electrons. The standard InChI is InChI=1S/C38H51N5O6/c1-2-6-29-21-39-35(46)36(47)42(29)24-30-9-5-18-40(30)23-31(19-26-10-14-33(44)15-11-26)43-25-32(20-27-12-16-34(45)17-13-27)41(37(48)38(43)49)22-28-7-3-4-8-28/h10-17,28-32,44-45H,2-9,18-25H2,1H3,(H,39,46)/t29-,30+,31-,32-/m1/s1. The summed E-state index contributed by atoms with van der Waals surface area (Å²) in [6.45, 7) is 5.27. The number of hydrogen-bond donors (Lipinski definition) is 3. The summed E-state index contributed by atoms with van der Waals surface area (Å²) in [4.78, 5) is 61.3. The zero-order chi connectivity index (χ0) is 34.5. The normalized spacial score (nSPS) is 24.6. The van der Waals surface area contributed by atoms with Crippen LogP contribution in [0.5, 0.6) is 11.5 Å². The third-order valence-electron chi connectivity index (χ3n) is 11.1. The monoisotopic (exact) mass is 673 g/mol. The highest BCUT2D eigenvalue weighted by Crippen LogP contribution is 2.30. The number of rotatable bonds is 13. The van der Waals surface area contributed by atoms with Gasteiger partial charge in [0.1, 0.15) is 11.5 Å².